The summed E-state index contributed by atoms with van der Waals surface area (Å²) in [5.74, 6) is 1.02. The van der Waals surface area contributed by atoms with Gasteiger partial charge in [0.1, 0.15) is 0 Å². The maximum Gasteiger partial charge on any atom is 0.222 e. The van der Waals surface area contributed by atoms with Gasteiger partial charge in [-0.1, -0.05) is 18.7 Å². The number of nitrogens with two attached hydrogens (primary N) is 1. The fourth-order valence-electron chi connectivity index (χ4n) is 0.740. The largest absolute Gasteiger partial charge is 0.392 e. The van der Waals surface area contributed by atoms with Gasteiger partial charge >= 0.3 is 0 Å². The second-order valence-electron chi connectivity index (χ2n) is 2.77. The molecule has 3 N–H and O–H groups in total. The molecule has 1 atom stereocenters. The molecule has 0 aromatic carbocycles. The second-order valence-corrected chi connectivity index (χ2v) is 3.76. The highest BCUT2D eigenvalue weighted by molar-refractivity contribution is 7.99. The number of nitrogen functional groups attached to an aromatic ring is 1. The Morgan fingerprint density at radius 3 is 2.77 bits per heavy atom. The summed E-state index contributed by atoms with van der Waals surface area (Å²) < 4.78 is 1.70. The predicted molar refractivity (Wildman–Crippen MR) is 52.4 cm³/mol. The molecular formula is C7H14N4OS. The molecule has 1 rings (SSSR count). The lowest BCUT2D eigenvalue weighted by Crippen LogP contribution is -2.08. The van der Waals surface area contributed by atoms with Crippen molar-refractivity contribution in [2.24, 2.45) is 7.05 Å². The Balaban J connectivity index is 2.50. The Labute approximate surface area is 81.3 Å². The Kier molecular flexibility index (Phi) is 3.56. The molecule has 5 nitrogen and oxygen atoms in total. The minimum atomic E-state index is -0.289. The van der Waals surface area contributed by atoms with Crippen LogP contribution in [-0.4, -0.2) is 31.7 Å². The van der Waals surface area contributed by atoms with E-state index < -0.39 is 0 Å². The van der Waals surface area contributed by atoms with Gasteiger partial charge in [-0.15, -0.1) is 10.2 Å². The smallest absolute Gasteiger partial charge is 0.222 e. The van der Waals surface area contributed by atoms with Crippen LogP contribution in [0.4, 0.5) is 5.95 Å². The summed E-state index contributed by atoms with van der Waals surface area (Å²) in [7, 11) is 1.80. The van der Waals surface area contributed by atoms with Crippen LogP contribution in [0, 0.1) is 0 Å². The Morgan fingerprint density at radius 2 is 2.31 bits per heavy atom. The van der Waals surface area contributed by atoms with Crippen molar-refractivity contribution in [3.63, 3.8) is 0 Å². The minimum Gasteiger partial charge on any atom is -0.392 e. The van der Waals surface area contributed by atoms with Crippen LogP contribution >= 0.6 is 11.8 Å². The zero-order valence-corrected chi connectivity index (χ0v) is 8.58. The first-order valence-electron chi connectivity index (χ1n) is 4.10. The van der Waals surface area contributed by atoms with Crippen molar-refractivity contribution in [2.45, 2.75) is 24.6 Å². The molecule has 1 unspecified atom stereocenters. The van der Waals surface area contributed by atoms with Crippen LogP contribution in [0.25, 0.3) is 0 Å². The second kappa shape index (κ2) is 4.48. The highest BCUT2D eigenvalue weighted by atomic mass is 32.2. The average Bonchev–Trinajstić information content (AvgIpc) is 2.44. The van der Waals surface area contributed by atoms with E-state index in [4.69, 9.17) is 5.73 Å². The summed E-state index contributed by atoms with van der Waals surface area (Å²) in [6, 6.07) is 0. The van der Waals surface area contributed by atoms with Gasteiger partial charge in [-0.3, -0.25) is 4.57 Å². The van der Waals surface area contributed by atoms with Gasteiger partial charge < -0.3 is 10.8 Å². The third kappa shape index (κ3) is 2.60. The molecule has 0 saturated carbocycles. The third-order valence-electron chi connectivity index (χ3n) is 1.74. The van der Waals surface area contributed by atoms with E-state index in [0.717, 1.165) is 11.6 Å². The van der Waals surface area contributed by atoms with E-state index in [0.29, 0.717) is 11.7 Å². The zero-order valence-electron chi connectivity index (χ0n) is 7.77. The normalized spacial score (nSPS) is 13.2. The van der Waals surface area contributed by atoms with E-state index >= 15 is 0 Å². The van der Waals surface area contributed by atoms with Crippen LogP contribution in [0.15, 0.2) is 5.16 Å². The minimum absolute atomic E-state index is 0.289. The van der Waals surface area contributed by atoms with Gasteiger partial charge in [-0.2, -0.15) is 0 Å². The van der Waals surface area contributed by atoms with Crippen LogP contribution in [0.2, 0.25) is 0 Å². The van der Waals surface area contributed by atoms with Crippen LogP contribution < -0.4 is 5.73 Å². The number of anilines is 1. The van der Waals surface area contributed by atoms with E-state index in [1.54, 1.807) is 11.6 Å². The molecule has 0 fully saturated rings. The summed E-state index contributed by atoms with van der Waals surface area (Å²) >= 11 is 1.46. The number of aliphatic hydroxyl groups excluding tert-OH is 1. The number of rotatable bonds is 4. The maximum atomic E-state index is 9.31. The van der Waals surface area contributed by atoms with E-state index in [1.165, 1.54) is 11.8 Å². The molecule has 13 heavy (non-hydrogen) atoms. The quantitative estimate of drug-likeness (QED) is 0.685. The van der Waals surface area contributed by atoms with E-state index in [9.17, 15) is 5.11 Å². The SMILES string of the molecule is CCC(O)CSc1nnc(N)n1C. The van der Waals surface area contributed by atoms with Crippen molar-refractivity contribution >= 4 is 17.7 Å². The van der Waals surface area contributed by atoms with Crippen LogP contribution in [-0.2, 0) is 7.05 Å². The number of aromatic nitrogens is 3. The standard InChI is InChI=1S/C7H14N4OS/c1-3-5(12)4-13-7-10-9-6(8)11(7)2/h5,12H,3-4H2,1-2H3,(H2,8,9). The maximum absolute atomic E-state index is 9.31. The lowest BCUT2D eigenvalue weighted by atomic mass is 10.3. The Hall–Kier alpha value is -0.750. The van der Waals surface area contributed by atoms with Crippen LogP contribution in [0.1, 0.15) is 13.3 Å². The molecule has 0 saturated heterocycles. The van der Waals surface area contributed by atoms with E-state index in [-0.39, 0.29) is 6.10 Å². The molecule has 0 bridgehead atoms. The highest BCUT2D eigenvalue weighted by Gasteiger charge is 2.08. The molecule has 1 heterocycles. The highest BCUT2D eigenvalue weighted by Crippen LogP contribution is 2.17. The van der Waals surface area contributed by atoms with Crippen LogP contribution in [0.3, 0.4) is 0 Å². The van der Waals surface area contributed by atoms with Gasteiger partial charge in [-0.25, -0.2) is 0 Å². The molecular weight excluding hydrogens is 188 g/mol. The van der Waals surface area contributed by atoms with Crippen molar-refractivity contribution in [1.82, 2.24) is 14.8 Å². The van der Waals surface area contributed by atoms with Crippen molar-refractivity contribution in [1.29, 1.82) is 0 Å². The molecule has 6 heteroatoms. The first-order valence-corrected chi connectivity index (χ1v) is 5.09. The van der Waals surface area contributed by atoms with E-state index in [2.05, 4.69) is 10.2 Å². The number of nitrogens with zero attached hydrogens (tertiary/aromatic N) is 3. The van der Waals surface area contributed by atoms with Gasteiger partial charge in [0.25, 0.3) is 0 Å². The monoisotopic (exact) mass is 202 g/mol. The number of hydrogen-bond donors (Lipinski definition) is 2. The third-order valence-corrected chi connectivity index (χ3v) is 2.91. The summed E-state index contributed by atoms with van der Waals surface area (Å²) in [5, 5.41) is 17.6. The summed E-state index contributed by atoms with van der Waals surface area (Å²) in [4.78, 5) is 0. The van der Waals surface area contributed by atoms with Gasteiger partial charge in [0, 0.05) is 12.8 Å². The number of thioether (sulfide) groups is 1. The van der Waals surface area contributed by atoms with Gasteiger partial charge in [0.2, 0.25) is 5.95 Å². The molecule has 0 aliphatic carbocycles. The van der Waals surface area contributed by atoms with E-state index in [1.807, 2.05) is 6.92 Å². The summed E-state index contributed by atoms with van der Waals surface area (Å²) in [6.45, 7) is 1.94. The lowest BCUT2D eigenvalue weighted by Gasteiger charge is -2.05. The van der Waals surface area contributed by atoms with Gasteiger partial charge in [0.05, 0.1) is 6.10 Å². The molecule has 74 valence electrons. The summed E-state index contributed by atoms with van der Waals surface area (Å²) in [6.07, 6.45) is 0.461. The Bertz CT molecular complexity index is 275. The molecule has 0 amide bonds. The fraction of sp³-hybridized carbons (Fsp3) is 0.714. The Morgan fingerprint density at radius 1 is 1.62 bits per heavy atom. The molecule has 1 aromatic heterocycles. The molecule has 0 spiro atoms. The zero-order chi connectivity index (χ0) is 9.84. The van der Waals surface area contributed by atoms with Crippen molar-refractivity contribution in [3.8, 4) is 0 Å². The predicted octanol–water partition coefficient (Wildman–Crippen LogP) is 0.260. The van der Waals surface area contributed by atoms with Crippen molar-refractivity contribution in [3.05, 3.63) is 0 Å². The first-order chi connectivity index (χ1) is 6.15. The van der Waals surface area contributed by atoms with Gasteiger partial charge in [0.15, 0.2) is 5.16 Å². The first kappa shape index (κ1) is 10.3. The van der Waals surface area contributed by atoms with Crippen molar-refractivity contribution < 1.29 is 5.11 Å². The van der Waals surface area contributed by atoms with Gasteiger partial charge in [-0.05, 0) is 6.42 Å². The average molecular weight is 202 g/mol. The van der Waals surface area contributed by atoms with Crippen LogP contribution in [0.5, 0.6) is 0 Å². The molecule has 1 aromatic rings. The number of hydrogen-bond acceptors (Lipinski definition) is 5. The lowest BCUT2D eigenvalue weighted by molar-refractivity contribution is 0.195. The molecule has 0 aliphatic heterocycles. The topological polar surface area (TPSA) is 77.0 Å². The fourth-order valence-corrected chi connectivity index (χ4v) is 1.70. The summed E-state index contributed by atoms with van der Waals surface area (Å²) in [5.41, 5.74) is 5.49. The van der Waals surface area contributed by atoms with Crippen molar-refractivity contribution in [2.75, 3.05) is 11.5 Å². The molecule has 0 radical (unpaired) electrons. The number of aliphatic hydroxyl groups is 1. The molecule has 0 aliphatic rings.